The van der Waals surface area contributed by atoms with Crippen molar-refractivity contribution in [2.24, 2.45) is 5.41 Å². The van der Waals surface area contributed by atoms with Gasteiger partial charge in [-0.15, -0.1) is 0 Å². The molecule has 1 rings (SSSR count). The van der Waals surface area contributed by atoms with Gasteiger partial charge in [0.1, 0.15) is 0 Å². The van der Waals surface area contributed by atoms with E-state index in [0.717, 1.165) is 12.8 Å². The first-order chi connectivity index (χ1) is 7.30. The molecule has 0 spiro atoms. The Bertz CT molecular complexity index is 350. The molecule has 0 bridgehead atoms. The van der Waals surface area contributed by atoms with Crippen LogP contribution >= 0.6 is 0 Å². The first kappa shape index (κ1) is 13.2. The summed E-state index contributed by atoms with van der Waals surface area (Å²) in [7, 11) is 0. The minimum Gasteiger partial charge on any atom is -0.393 e. The molecule has 0 radical (unpaired) electrons. The van der Waals surface area contributed by atoms with Crippen LogP contribution in [-0.4, -0.2) is 11.2 Å². The predicted octanol–water partition coefficient (Wildman–Crippen LogP) is 3.64. The smallest absolute Gasteiger partial charge is 0.0517 e. The Kier molecular flexibility index (Phi) is 4.15. The molecule has 0 aliphatic rings. The van der Waals surface area contributed by atoms with Crippen molar-refractivity contribution in [2.75, 3.05) is 0 Å². The van der Waals surface area contributed by atoms with E-state index in [1.54, 1.807) is 0 Å². The molecular weight excluding hydrogens is 196 g/mol. The highest BCUT2D eigenvalue weighted by Gasteiger charge is 2.21. The first-order valence-corrected chi connectivity index (χ1v) is 6.04. The molecule has 0 saturated carbocycles. The molecule has 0 saturated heterocycles. The second kappa shape index (κ2) is 5.01. The van der Waals surface area contributed by atoms with Crippen LogP contribution in [-0.2, 0) is 6.42 Å². The first-order valence-electron chi connectivity index (χ1n) is 6.04. The zero-order chi connectivity index (χ0) is 12.3. The van der Waals surface area contributed by atoms with Crippen LogP contribution in [0.15, 0.2) is 18.2 Å². The number of hydrogen-bond donors (Lipinski definition) is 1. The van der Waals surface area contributed by atoms with E-state index in [-0.39, 0.29) is 11.5 Å². The Labute approximate surface area is 99.5 Å². The van der Waals surface area contributed by atoms with Crippen molar-refractivity contribution in [1.29, 1.82) is 0 Å². The SMILES string of the molecule is Cc1ccc(C)c(CC(C)(C)CC(C)O)c1. The highest BCUT2D eigenvalue weighted by Crippen LogP contribution is 2.29. The number of rotatable bonds is 4. The number of hydrogen-bond acceptors (Lipinski definition) is 1. The van der Waals surface area contributed by atoms with Crippen molar-refractivity contribution in [3.05, 3.63) is 34.9 Å². The maximum atomic E-state index is 9.49. The zero-order valence-electron chi connectivity index (χ0n) is 11.2. The molecule has 1 heteroatoms. The Hall–Kier alpha value is -0.820. The molecule has 0 heterocycles. The van der Waals surface area contributed by atoms with Gasteiger partial charge in [-0.25, -0.2) is 0 Å². The van der Waals surface area contributed by atoms with Crippen LogP contribution in [0.25, 0.3) is 0 Å². The summed E-state index contributed by atoms with van der Waals surface area (Å²) in [5.74, 6) is 0. The van der Waals surface area contributed by atoms with Gasteiger partial charge in [0.05, 0.1) is 6.10 Å². The third kappa shape index (κ3) is 3.97. The van der Waals surface area contributed by atoms with Gasteiger partial charge in [0.15, 0.2) is 0 Å². The third-order valence-electron chi connectivity index (χ3n) is 3.02. The van der Waals surface area contributed by atoms with Crippen molar-refractivity contribution in [3.63, 3.8) is 0 Å². The van der Waals surface area contributed by atoms with Crippen molar-refractivity contribution < 1.29 is 5.11 Å². The Morgan fingerprint density at radius 3 is 2.44 bits per heavy atom. The van der Waals surface area contributed by atoms with E-state index in [4.69, 9.17) is 0 Å². The number of aliphatic hydroxyl groups is 1. The van der Waals surface area contributed by atoms with E-state index in [1.165, 1.54) is 16.7 Å². The van der Waals surface area contributed by atoms with Gasteiger partial charge in [-0.2, -0.15) is 0 Å². The fraction of sp³-hybridized carbons (Fsp3) is 0.600. The lowest BCUT2D eigenvalue weighted by atomic mass is 9.80. The van der Waals surface area contributed by atoms with Gasteiger partial charge in [-0.05, 0) is 50.2 Å². The number of aliphatic hydroxyl groups excluding tert-OH is 1. The van der Waals surface area contributed by atoms with Crippen molar-refractivity contribution >= 4 is 0 Å². The molecule has 1 aromatic rings. The molecule has 0 amide bonds. The minimum absolute atomic E-state index is 0.159. The molecule has 16 heavy (non-hydrogen) atoms. The normalized spacial score (nSPS) is 13.9. The Morgan fingerprint density at radius 2 is 1.88 bits per heavy atom. The average molecular weight is 220 g/mol. The van der Waals surface area contributed by atoms with Gasteiger partial charge in [-0.1, -0.05) is 37.6 Å². The molecule has 1 aromatic carbocycles. The topological polar surface area (TPSA) is 20.2 Å². The Balaban J connectivity index is 2.82. The molecule has 1 unspecified atom stereocenters. The molecule has 1 atom stereocenters. The van der Waals surface area contributed by atoms with E-state index < -0.39 is 0 Å². The second-order valence-corrected chi connectivity index (χ2v) is 5.82. The molecule has 1 N–H and O–H groups in total. The maximum absolute atomic E-state index is 9.49. The van der Waals surface area contributed by atoms with Gasteiger partial charge < -0.3 is 5.11 Å². The van der Waals surface area contributed by atoms with Crippen LogP contribution in [0, 0.1) is 19.3 Å². The van der Waals surface area contributed by atoms with Crippen LogP contribution in [0.3, 0.4) is 0 Å². The molecule has 0 aliphatic carbocycles. The standard InChI is InChI=1S/C15H24O/c1-11-6-7-12(2)14(8-11)10-15(4,5)9-13(3)16/h6-8,13,16H,9-10H2,1-5H3. The summed E-state index contributed by atoms with van der Waals surface area (Å²) in [5, 5.41) is 9.49. The molecule has 0 aromatic heterocycles. The average Bonchev–Trinajstić information content (AvgIpc) is 2.08. The highest BCUT2D eigenvalue weighted by molar-refractivity contribution is 5.31. The van der Waals surface area contributed by atoms with E-state index >= 15 is 0 Å². The molecule has 90 valence electrons. The molecular formula is C15H24O. The summed E-state index contributed by atoms with van der Waals surface area (Å²) in [6.45, 7) is 10.6. The van der Waals surface area contributed by atoms with Crippen LogP contribution in [0.4, 0.5) is 0 Å². The van der Waals surface area contributed by atoms with Gasteiger partial charge in [-0.3, -0.25) is 0 Å². The van der Waals surface area contributed by atoms with Crippen molar-refractivity contribution in [3.8, 4) is 0 Å². The van der Waals surface area contributed by atoms with E-state index in [9.17, 15) is 5.11 Å². The fourth-order valence-corrected chi connectivity index (χ4v) is 2.38. The summed E-state index contributed by atoms with van der Waals surface area (Å²) in [4.78, 5) is 0. The predicted molar refractivity (Wildman–Crippen MR) is 69.7 cm³/mol. The summed E-state index contributed by atoms with van der Waals surface area (Å²) >= 11 is 0. The minimum atomic E-state index is -0.222. The van der Waals surface area contributed by atoms with Gasteiger partial charge in [0.25, 0.3) is 0 Å². The number of benzene rings is 1. The summed E-state index contributed by atoms with van der Waals surface area (Å²) in [5.41, 5.74) is 4.23. The van der Waals surface area contributed by atoms with Crippen molar-refractivity contribution in [2.45, 2.75) is 53.6 Å². The summed E-state index contributed by atoms with van der Waals surface area (Å²) < 4.78 is 0. The van der Waals surface area contributed by atoms with Crippen LogP contribution in [0.5, 0.6) is 0 Å². The van der Waals surface area contributed by atoms with E-state index in [0.29, 0.717) is 0 Å². The van der Waals surface area contributed by atoms with E-state index in [2.05, 4.69) is 45.9 Å². The van der Waals surface area contributed by atoms with Gasteiger partial charge in [0, 0.05) is 0 Å². The largest absolute Gasteiger partial charge is 0.393 e. The van der Waals surface area contributed by atoms with E-state index in [1.807, 2.05) is 6.92 Å². The summed E-state index contributed by atoms with van der Waals surface area (Å²) in [6.07, 6.45) is 1.66. The highest BCUT2D eigenvalue weighted by atomic mass is 16.3. The third-order valence-corrected chi connectivity index (χ3v) is 3.02. The van der Waals surface area contributed by atoms with Gasteiger partial charge >= 0.3 is 0 Å². The maximum Gasteiger partial charge on any atom is 0.0517 e. The lowest BCUT2D eigenvalue weighted by Gasteiger charge is -2.27. The molecule has 0 fully saturated rings. The lowest BCUT2D eigenvalue weighted by molar-refractivity contribution is 0.129. The van der Waals surface area contributed by atoms with Crippen LogP contribution in [0.1, 0.15) is 43.9 Å². The lowest BCUT2D eigenvalue weighted by Crippen LogP contribution is -2.21. The van der Waals surface area contributed by atoms with Crippen LogP contribution < -0.4 is 0 Å². The van der Waals surface area contributed by atoms with Gasteiger partial charge in [0.2, 0.25) is 0 Å². The second-order valence-electron chi connectivity index (χ2n) is 5.82. The number of aryl methyl sites for hydroxylation is 2. The molecule has 1 nitrogen and oxygen atoms in total. The van der Waals surface area contributed by atoms with Crippen molar-refractivity contribution in [1.82, 2.24) is 0 Å². The zero-order valence-corrected chi connectivity index (χ0v) is 11.2. The van der Waals surface area contributed by atoms with Crippen LogP contribution in [0.2, 0.25) is 0 Å². The fourth-order valence-electron chi connectivity index (χ4n) is 2.38. The monoisotopic (exact) mass is 220 g/mol. The quantitative estimate of drug-likeness (QED) is 0.821. The molecule has 0 aliphatic heterocycles. The Morgan fingerprint density at radius 1 is 1.25 bits per heavy atom. The summed E-state index contributed by atoms with van der Waals surface area (Å²) in [6, 6.07) is 6.60.